The number of carbonyl (C=O) groups is 6. The molecule has 42 heavy (non-hydrogen) atoms. The Bertz CT molecular complexity index is 1310. The third-order valence-electron chi connectivity index (χ3n) is 5.41. The fourth-order valence-corrected chi connectivity index (χ4v) is 5.81. The summed E-state index contributed by atoms with van der Waals surface area (Å²) in [6.07, 6.45) is -1.73. The van der Waals surface area contributed by atoms with Crippen LogP contribution in [0.4, 0.5) is 9.59 Å². The van der Waals surface area contributed by atoms with Gasteiger partial charge in [-0.3, -0.25) is 19.6 Å². The van der Waals surface area contributed by atoms with Crippen LogP contribution in [0.1, 0.15) is 13.8 Å². The van der Waals surface area contributed by atoms with Crippen LogP contribution >= 0.6 is 23.5 Å². The number of amides is 4. The van der Waals surface area contributed by atoms with Gasteiger partial charge in [0.2, 0.25) is 0 Å². The van der Waals surface area contributed by atoms with Crippen LogP contribution in [0.5, 0.6) is 11.5 Å². The van der Waals surface area contributed by atoms with Crippen LogP contribution < -0.4 is 20.1 Å². The molecule has 2 aliphatic heterocycles. The van der Waals surface area contributed by atoms with Gasteiger partial charge in [-0.1, -0.05) is 36.7 Å². The molecule has 0 unspecified atom stereocenters. The summed E-state index contributed by atoms with van der Waals surface area (Å²) in [5.74, 6) is -2.13. The molecule has 2 aliphatic rings. The van der Waals surface area contributed by atoms with Crippen molar-refractivity contribution in [2.45, 2.75) is 23.6 Å². The maximum atomic E-state index is 12.8. The largest absolute Gasteiger partial charge is 0.460 e. The molecule has 0 radical (unpaired) electrons. The molecule has 0 bridgehead atoms. The molecule has 1 aromatic rings. The van der Waals surface area contributed by atoms with Crippen molar-refractivity contribution >= 4 is 59.5 Å². The molecular weight excluding hydrogens is 592 g/mol. The van der Waals surface area contributed by atoms with Gasteiger partial charge in [-0.2, -0.15) is 0 Å². The van der Waals surface area contributed by atoms with Crippen molar-refractivity contribution in [2.75, 3.05) is 40.4 Å². The molecule has 0 aromatic heterocycles. The molecule has 2 heterocycles. The SMILES string of the molecule is C=C(C)C(=O)OCCNC(=O)Oc1ccc(OC(=O)NCCOC(=O)C(=C)C)c2c1SC(=C1C(=O)N(C)N(C)C1=O)S2. The van der Waals surface area contributed by atoms with Gasteiger partial charge in [0.15, 0.2) is 0 Å². The van der Waals surface area contributed by atoms with Crippen LogP contribution in [0.2, 0.25) is 0 Å². The van der Waals surface area contributed by atoms with Crippen LogP contribution in [-0.2, 0) is 28.7 Å². The van der Waals surface area contributed by atoms with Crippen molar-refractivity contribution in [1.29, 1.82) is 0 Å². The highest BCUT2D eigenvalue weighted by molar-refractivity contribution is 8.25. The van der Waals surface area contributed by atoms with Crippen LogP contribution in [-0.4, -0.2) is 86.4 Å². The number of carbonyl (C=O) groups excluding carboxylic acids is 6. The number of fused-ring (bicyclic) bond motifs is 1. The molecule has 0 atom stereocenters. The van der Waals surface area contributed by atoms with Crippen molar-refractivity contribution in [3.8, 4) is 11.5 Å². The van der Waals surface area contributed by atoms with Crippen molar-refractivity contribution in [2.24, 2.45) is 0 Å². The molecule has 0 spiro atoms. The number of hydrogen-bond acceptors (Lipinski definition) is 12. The maximum absolute atomic E-state index is 12.8. The van der Waals surface area contributed by atoms with E-state index in [2.05, 4.69) is 23.8 Å². The lowest BCUT2D eigenvalue weighted by Gasteiger charge is -2.16. The van der Waals surface area contributed by atoms with E-state index < -0.39 is 35.9 Å². The molecule has 224 valence electrons. The molecule has 16 heteroatoms. The zero-order chi connectivity index (χ0) is 31.1. The molecule has 1 saturated heterocycles. The monoisotopic (exact) mass is 620 g/mol. The van der Waals surface area contributed by atoms with Crippen LogP contribution in [0.15, 0.2) is 56.0 Å². The Kier molecular flexibility index (Phi) is 10.7. The summed E-state index contributed by atoms with van der Waals surface area (Å²) in [5, 5.41) is 7.21. The summed E-state index contributed by atoms with van der Waals surface area (Å²) in [6, 6.07) is 2.77. The predicted octanol–water partition coefficient (Wildman–Crippen LogP) is 2.36. The number of nitrogens with zero attached hydrogens (tertiary/aromatic N) is 2. The lowest BCUT2D eigenvalue weighted by atomic mass is 10.3. The van der Waals surface area contributed by atoms with E-state index >= 15 is 0 Å². The van der Waals surface area contributed by atoms with Gasteiger partial charge in [0.1, 0.15) is 30.3 Å². The Balaban J connectivity index is 1.77. The topological polar surface area (TPSA) is 170 Å². The Hall–Kier alpha value is -4.44. The first kappa shape index (κ1) is 32.1. The van der Waals surface area contributed by atoms with Crippen molar-refractivity contribution in [1.82, 2.24) is 20.7 Å². The summed E-state index contributed by atoms with van der Waals surface area (Å²) in [4.78, 5) is 74.0. The normalized spacial score (nSPS) is 13.9. The van der Waals surface area contributed by atoms with Crippen LogP contribution in [0.3, 0.4) is 0 Å². The Morgan fingerprint density at radius 2 is 1.14 bits per heavy atom. The summed E-state index contributed by atoms with van der Waals surface area (Å²) >= 11 is 2.01. The highest BCUT2D eigenvalue weighted by Gasteiger charge is 2.42. The first-order valence-corrected chi connectivity index (χ1v) is 13.8. The first-order chi connectivity index (χ1) is 19.8. The fourth-order valence-electron chi connectivity index (χ4n) is 3.16. The second kappa shape index (κ2) is 14.0. The smallest absolute Gasteiger partial charge is 0.412 e. The lowest BCUT2D eigenvalue weighted by Crippen LogP contribution is -2.33. The highest BCUT2D eigenvalue weighted by atomic mass is 32.2. The number of nitrogens with one attached hydrogen (secondary N) is 2. The van der Waals surface area contributed by atoms with Gasteiger partial charge in [-0.15, -0.1) is 0 Å². The van der Waals surface area contributed by atoms with Gasteiger partial charge in [-0.05, 0) is 26.0 Å². The van der Waals surface area contributed by atoms with E-state index in [9.17, 15) is 28.8 Å². The number of hydrazine groups is 1. The summed E-state index contributed by atoms with van der Waals surface area (Å²) in [7, 11) is 2.90. The lowest BCUT2D eigenvalue weighted by molar-refractivity contribution is -0.141. The van der Waals surface area contributed by atoms with Crippen molar-refractivity contribution < 1.29 is 47.7 Å². The molecule has 0 saturated carbocycles. The molecule has 4 amide bonds. The minimum Gasteiger partial charge on any atom is -0.460 e. The van der Waals surface area contributed by atoms with E-state index in [1.165, 1.54) is 40.1 Å². The van der Waals surface area contributed by atoms with Gasteiger partial charge < -0.3 is 29.6 Å². The number of thioether (sulfide) groups is 2. The fraction of sp³-hybridized carbons (Fsp3) is 0.308. The molecule has 2 N–H and O–H groups in total. The average Bonchev–Trinajstić information content (AvgIpc) is 3.45. The Morgan fingerprint density at radius 3 is 1.50 bits per heavy atom. The summed E-state index contributed by atoms with van der Waals surface area (Å²) in [6.45, 7) is 9.62. The zero-order valence-corrected chi connectivity index (χ0v) is 24.8. The molecular formula is C26H28N4O10S2. The molecule has 0 aliphatic carbocycles. The summed E-state index contributed by atoms with van der Waals surface area (Å²) in [5.41, 5.74) is 0.341. The van der Waals surface area contributed by atoms with Gasteiger partial charge >= 0.3 is 24.1 Å². The number of hydrogen-bond donors (Lipinski definition) is 2. The van der Waals surface area contributed by atoms with E-state index in [0.717, 1.165) is 33.5 Å². The van der Waals surface area contributed by atoms with E-state index in [0.29, 0.717) is 14.0 Å². The molecule has 3 rings (SSSR count). The minimum absolute atomic E-state index is 0.0397. The second-order valence-corrected chi connectivity index (χ2v) is 11.0. The zero-order valence-electron chi connectivity index (χ0n) is 23.2. The van der Waals surface area contributed by atoms with Crippen LogP contribution in [0, 0.1) is 0 Å². The van der Waals surface area contributed by atoms with E-state index in [1.807, 2.05) is 0 Å². The molecule has 14 nitrogen and oxygen atoms in total. The van der Waals surface area contributed by atoms with Gasteiger partial charge in [-0.25, -0.2) is 19.2 Å². The maximum Gasteiger partial charge on any atom is 0.412 e. The van der Waals surface area contributed by atoms with E-state index in [1.54, 1.807) is 0 Å². The predicted molar refractivity (Wildman–Crippen MR) is 150 cm³/mol. The van der Waals surface area contributed by atoms with Crippen LogP contribution in [0.25, 0.3) is 0 Å². The van der Waals surface area contributed by atoms with Crippen molar-refractivity contribution in [3.05, 3.63) is 46.2 Å². The number of esters is 2. The van der Waals surface area contributed by atoms with Crippen molar-refractivity contribution in [3.63, 3.8) is 0 Å². The number of likely N-dealkylation sites (N-methyl/N-ethyl adjacent to an activating group) is 2. The number of ether oxygens (including phenoxy) is 4. The first-order valence-electron chi connectivity index (χ1n) is 12.2. The van der Waals surface area contributed by atoms with E-state index in [4.69, 9.17) is 18.9 Å². The summed E-state index contributed by atoms with van der Waals surface area (Å²) < 4.78 is 21.0. The second-order valence-electron chi connectivity index (χ2n) is 8.71. The highest BCUT2D eigenvalue weighted by Crippen LogP contribution is 2.59. The molecule has 1 aromatic carbocycles. The average molecular weight is 621 g/mol. The number of benzene rings is 1. The third kappa shape index (κ3) is 7.64. The Labute approximate surface area is 249 Å². The minimum atomic E-state index is -0.863. The van der Waals surface area contributed by atoms with Gasteiger partial charge in [0.05, 0.1) is 27.1 Å². The van der Waals surface area contributed by atoms with Gasteiger partial charge in [0, 0.05) is 25.2 Å². The quantitative estimate of drug-likeness (QED) is 0.170. The van der Waals surface area contributed by atoms with E-state index in [-0.39, 0.29) is 54.5 Å². The number of rotatable bonds is 10. The van der Waals surface area contributed by atoms with Gasteiger partial charge in [0.25, 0.3) is 11.8 Å². The molecule has 1 fully saturated rings. The third-order valence-corrected chi connectivity index (χ3v) is 8.04. The standard InChI is InChI=1S/C26H28N4O10S2/c1-13(2)22(33)37-11-9-27-25(35)39-15-7-8-16(40-26(36)28-10-12-38-23(34)14(3)4)19-18(15)41-24(42-19)17-20(31)29(5)30(6)21(17)32/h7-8H,1,3,9-12H2,2,4-6H3,(H,27,35)(H,28,36). The Morgan fingerprint density at radius 1 is 0.762 bits per heavy atom.